The van der Waals surface area contributed by atoms with Gasteiger partial charge in [-0.2, -0.15) is 4.39 Å². The Balaban J connectivity index is 3.03. The Hall–Kier alpha value is -2.24. The van der Waals surface area contributed by atoms with E-state index in [1.54, 1.807) is 27.7 Å². The molecule has 108 valence electrons. The molecule has 0 aromatic heterocycles. The second kappa shape index (κ2) is 5.81. The number of halogens is 1. The highest BCUT2D eigenvalue weighted by atomic mass is 19.1. The van der Waals surface area contributed by atoms with Gasteiger partial charge in [0.1, 0.15) is 5.60 Å². The van der Waals surface area contributed by atoms with Crippen LogP contribution in [-0.4, -0.2) is 16.5 Å². The van der Waals surface area contributed by atoms with Gasteiger partial charge in [-0.05, 0) is 44.9 Å². The summed E-state index contributed by atoms with van der Waals surface area (Å²) in [7, 11) is 0. The van der Waals surface area contributed by atoms with Gasteiger partial charge in [0.05, 0.1) is 4.92 Å². The third kappa shape index (κ3) is 4.46. The number of benzene rings is 1. The summed E-state index contributed by atoms with van der Waals surface area (Å²) in [6, 6.07) is 3.46. The zero-order valence-electron chi connectivity index (χ0n) is 11.8. The first-order chi connectivity index (χ1) is 9.10. The molecule has 0 unspecified atom stereocenters. The van der Waals surface area contributed by atoms with Crippen LogP contribution in [0.15, 0.2) is 24.3 Å². The smallest absolute Gasteiger partial charge is 0.331 e. The molecule has 0 bridgehead atoms. The summed E-state index contributed by atoms with van der Waals surface area (Å²) in [4.78, 5) is 21.5. The highest BCUT2D eigenvalue weighted by molar-refractivity contribution is 5.91. The zero-order chi connectivity index (χ0) is 15.5. The Morgan fingerprint density at radius 3 is 2.50 bits per heavy atom. The van der Waals surface area contributed by atoms with Crippen LogP contribution in [0.25, 0.3) is 5.57 Å². The predicted molar refractivity (Wildman–Crippen MR) is 72.6 cm³/mol. The second-order valence-corrected chi connectivity index (χ2v) is 5.28. The van der Waals surface area contributed by atoms with Gasteiger partial charge in [0.2, 0.25) is 5.82 Å². The number of ether oxygens (including phenoxy) is 1. The molecule has 0 fully saturated rings. The van der Waals surface area contributed by atoms with Crippen molar-refractivity contribution in [3.8, 4) is 0 Å². The van der Waals surface area contributed by atoms with Gasteiger partial charge >= 0.3 is 11.7 Å². The van der Waals surface area contributed by atoms with Crippen LogP contribution in [0, 0.1) is 15.9 Å². The molecule has 0 N–H and O–H groups in total. The molecule has 0 saturated heterocycles. The number of nitro benzene ring substituents is 1. The van der Waals surface area contributed by atoms with E-state index in [4.69, 9.17) is 4.74 Å². The van der Waals surface area contributed by atoms with Crippen LogP contribution in [0.3, 0.4) is 0 Å². The molecule has 0 saturated carbocycles. The maximum Gasteiger partial charge on any atom is 0.331 e. The van der Waals surface area contributed by atoms with Crippen LogP contribution in [-0.2, 0) is 9.53 Å². The van der Waals surface area contributed by atoms with E-state index in [1.807, 2.05) is 0 Å². The minimum atomic E-state index is -0.913. The lowest BCUT2D eigenvalue weighted by atomic mass is 10.1. The number of esters is 1. The van der Waals surface area contributed by atoms with Gasteiger partial charge in [-0.1, -0.05) is 6.07 Å². The van der Waals surface area contributed by atoms with Crippen molar-refractivity contribution in [2.24, 2.45) is 0 Å². The van der Waals surface area contributed by atoms with E-state index in [1.165, 1.54) is 12.1 Å². The van der Waals surface area contributed by atoms with E-state index in [-0.39, 0.29) is 0 Å². The lowest BCUT2D eigenvalue weighted by Crippen LogP contribution is -2.22. The average Bonchev–Trinajstić information content (AvgIpc) is 2.26. The molecule has 0 aliphatic heterocycles. The molecule has 0 radical (unpaired) electrons. The highest BCUT2D eigenvalue weighted by Crippen LogP contribution is 2.23. The third-order valence-electron chi connectivity index (χ3n) is 2.34. The number of nitrogens with zero attached hydrogens (tertiary/aromatic N) is 1. The Morgan fingerprint density at radius 2 is 2.00 bits per heavy atom. The maximum atomic E-state index is 13.2. The SMILES string of the molecule is C/C(=C/C(=O)OC(C)(C)C)c1ccc(F)c([N+](=O)[O-])c1. The lowest BCUT2D eigenvalue weighted by Gasteiger charge is -2.18. The van der Waals surface area contributed by atoms with E-state index in [0.717, 1.165) is 12.1 Å². The van der Waals surface area contributed by atoms with Crippen molar-refractivity contribution in [3.05, 3.63) is 45.8 Å². The Morgan fingerprint density at radius 1 is 1.40 bits per heavy atom. The largest absolute Gasteiger partial charge is 0.457 e. The lowest BCUT2D eigenvalue weighted by molar-refractivity contribution is -0.387. The first-order valence-corrected chi connectivity index (χ1v) is 5.96. The Labute approximate surface area is 116 Å². The van der Waals surface area contributed by atoms with E-state index in [2.05, 4.69) is 0 Å². The average molecular weight is 281 g/mol. The van der Waals surface area contributed by atoms with E-state index in [9.17, 15) is 19.3 Å². The summed E-state index contributed by atoms with van der Waals surface area (Å²) in [6.45, 7) is 6.80. The molecule has 1 rings (SSSR count). The van der Waals surface area contributed by atoms with Gasteiger partial charge in [-0.25, -0.2) is 4.79 Å². The van der Waals surface area contributed by atoms with Crippen molar-refractivity contribution >= 4 is 17.2 Å². The second-order valence-electron chi connectivity index (χ2n) is 5.28. The molecule has 0 heterocycles. The summed E-state index contributed by atoms with van der Waals surface area (Å²) in [5.41, 5.74) is -0.395. The van der Waals surface area contributed by atoms with Gasteiger partial charge in [-0.15, -0.1) is 0 Å². The normalized spacial score (nSPS) is 12.2. The van der Waals surface area contributed by atoms with E-state index < -0.39 is 28.0 Å². The van der Waals surface area contributed by atoms with Crippen molar-refractivity contribution in [1.29, 1.82) is 0 Å². The Kier molecular flexibility index (Phi) is 4.60. The molecular weight excluding hydrogens is 265 g/mol. The molecule has 0 spiro atoms. The van der Waals surface area contributed by atoms with Crippen LogP contribution in [0.4, 0.5) is 10.1 Å². The topological polar surface area (TPSA) is 69.4 Å². The maximum absolute atomic E-state index is 13.2. The zero-order valence-corrected chi connectivity index (χ0v) is 11.8. The fraction of sp³-hybridized carbons (Fsp3) is 0.357. The van der Waals surface area contributed by atoms with Gasteiger partial charge in [-0.3, -0.25) is 10.1 Å². The van der Waals surface area contributed by atoms with E-state index in [0.29, 0.717) is 11.1 Å². The first-order valence-electron chi connectivity index (χ1n) is 5.96. The number of allylic oxidation sites excluding steroid dienone is 1. The van der Waals surface area contributed by atoms with Gasteiger partial charge in [0.15, 0.2) is 0 Å². The molecule has 5 nitrogen and oxygen atoms in total. The summed E-state index contributed by atoms with van der Waals surface area (Å²) >= 11 is 0. The van der Waals surface area contributed by atoms with Crippen LogP contribution in [0.5, 0.6) is 0 Å². The van der Waals surface area contributed by atoms with Crippen LogP contribution in [0.1, 0.15) is 33.3 Å². The minimum absolute atomic E-state index is 0.393. The number of carbonyl (C=O) groups is 1. The molecule has 0 atom stereocenters. The predicted octanol–water partition coefficient (Wildman–Crippen LogP) is 3.48. The van der Waals surface area contributed by atoms with Gasteiger partial charge in [0, 0.05) is 12.1 Å². The Bertz CT molecular complexity index is 573. The van der Waals surface area contributed by atoms with Crippen LogP contribution in [0.2, 0.25) is 0 Å². The monoisotopic (exact) mass is 281 g/mol. The fourth-order valence-corrected chi connectivity index (χ4v) is 1.49. The number of carbonyl (C=O) groups excluding carboxylic acids is 1. The van der Waals surface area contributed by atoms with Gasteiger partial charge < -0.3 is 4.74 Å². The summed E-state index contributed by atoms with van der Waals surface area (Å²) in [5.74, 6) is -1.47. The number of rotatable bonds is 3. The van der Waals surface area contributed by atoms with Crippen molar-refractivity contribution in [3.63, 3.8) is 0 Å². The molecule has 0 aliphatic rings. The number of nitro groups is 1. The minimum Gasteiger partial charge on any atom is -0.457 e. The standard InChI is InChI=1S/C14H16FNO4/c1-9(7-13(17)20-14(2,3)4)10-5-6-11(15)12(8-10)16(18)19/h5-8H,1-4H3/b9-7-. The molecule has 20 heavy (non-hydrogen) atoms. The number of hydrogen-bond donors (Lipinski definition) is 0. The van der Waals surface area contributed by atoms with Gasteiger partial charge in [0.25, 0.3) is 0 Å². The summed E-state index contributed by atoms with van der Waals surface area (Å²) < 4.78 is 18.3. The van der Waals surface area contributed by atoms with Crippen molar-refractivity contribution in [2.45, 2.75) is 33.3 Å². The summed E-state index contributed by atoms with van der Waals surface area (Å²) in [6.07, 6.45) is 1.22. The number of hydrogen-bond acceptors (Lipinski definition) is 4. The molecule has 1 aromatic carbocycles. The van der Waals surface area contributed by atoms with Crippen molar-refractivity contribution in [2.75, 3.05) is 0 Å². The van der Waals surface area contributed by atoms with E-state index >= 15 is 0 Å². The van der Waals surface area contributed by atoms with Crippen LogP contribution < -0.4 is 0 Å². The highest BCUT2D eigenvalue weighted by Gasteiger charge is 2.17. The molecule has 0 amide bonds. The summed E-state index contributed by atoms with van der Waals surface area (Å²) in [5, 5.41) is 10.7. The van der Waals surface area contributed by atoms with Crippen molar-refractivity contribution in [1.82, 2.24) is 0 Å². The molecular formula is C14H16FNO4. The first kappa shape index (κ1) is 15.8. The molecule has 0 aliphatic carbocycles. The molecule has 6 heteroatoms. The quantitative estimate of drug-likeness (QED) is 0.368. The molecule has 1 aromatic rings. The third-order valence-corrected chi connectivity index (χ3v) is 2.34. The van der Waals surface area contributed by atoms with Crippen LogP contribution >= 0.6 is 0 Å². The fourth-order valence-electron chi connectivity index (χ4n) is 1.49. The van der Waals surface area contributed by atoms with Crippen molar-refractivity contribution < 1.29 is 18.8 Å².